The molecule has 1 aromatic carbocycles. The first-order valence-corrected chi connectivity index (χ1v) is 7.78. The molecule has 0 saturated carbocycles. The van der Waals surface area contributed by atoms with Gasteiger partial charge in [0.25, 0.3) is 0 Å². The minimum Gasteiger partial charge on any atom is -0.490 e. The Morgan fingerprint density at radius 1 is 1.45 bits per heavy atom. The van der Waals surface area contributed by atoms with E-state index < -0.39 is 10.0 Å². The third kappa shape index (κ3) is 4.72. The van der Waals surface area contributed by atoms with Crippen molar-refractivity contribution >= 4 is 15.7 Å². The smallest absolute Gasteiger partial charge is 0.217 e. The summed E-state index contributed by atoms with van der Waals surface area (Å²) in [6, 6.07) is 8.91. The Hall–Kier alpha value is -1.78. The molecule has 0 amide bonds. The van der Waals surface area contributed by atoms with E-state index >= 15 is 0 Å². The topological polar surface area (TPSA) is 96.4 Å². The number of anilines is 1. The molecule has 20 heavy (non-hydrogen) atoms. The summed E-state index contributed by atoms with van der Waals surface area (Å²) in [5.74, 6) is -0.0353. The van der Waals surface area contributed by atoms with E-state index in [0.717, 1.165) is 0 Å². The van der Waals surface area contributed by atoms with Crippen molar-refractivity contribution in [3.05, 3.63) is 24.3 Å². The lowest BCUT2D eigenvalue weighted by molar-refractivity contribution is 0.337. The Balaban J connectivity index is 2.52. The van der Waals surface area contributed by atoms with Gasteiger partial charge in [-0.25, -0.2) is 12.7 Å². The zero-order valence-corrected chi connectivity index (χ0v) is 12.4. The molecule has 0 radical (unpaired) electrons. The van der Waals surface area contributed by atoms with Crippen LogP contribution in [0, 0.1) is 17.2 Å². The quantitative estimate of drug-likeness (QED) is 0.759. The number of nitrogens with two attached hydrogens (primary N) is 1. The van der Waals surface area contributed by atoms with Crippen molar-refractivity contribution < 1.29 is 13.2 Å². The lowest BCUT2D eigenvalue weighted by Gasteiger charge is -2.18. The van der Waals surface area contributed by atoms with Crippen LogP contribution in [0.4, 0.5) is 5.69 Å². The average Bonchev–Trinajstić information content (AvgIpc) is 2.40. The Labute approximate surface area is 119 Å². The van der Waals surface area contributed by atoms with Crippen molar-refractivity contribution in [2.45, 2.75) is 6.92 Å². The van der Waals surface area contributed by atoms with Gasteiger partial charge in [-0.3, -0.25) is 0 Å². The van der Waals surface area contributed by atoms with Crippen LogP contribution in [0.3, 0.4) is 0 Å². The summed E-state index contributed by atoms with van der Waals surface area (Å²) in [5.41, 5.74) is 6.16. The van der Waals surface area contributed by atoms with E-state index in [1.165, 1.54) is 11.4 Å². The number of sulfonamides is 1. The van der Waals surface area contributed by atoms with Crippen LogP contribution in [-0.4, -0.2) is 38.7 Å². The normalized spacial score (nSPS) is 12.9. The fourth-order valence-corrected chi connectivity index (χ4v) is 2.62. The molecule has 0 saturated heterocycles. The summed E-state index contributed by atoms with van der Waals surface area (Å²) in [4.78, 5) is 0. The molecular weight excluding hydrogens is 278 g/mol. The van der Waals surface area contributed by atoms with Gasteiger partial charge in [0, 0.05) is 13.6 Å². The monoisotopic (exact) mass is 297 g/mol. The number of rotatable bonds is 7. The van der Waals surface area contributed by atoms with E-state index in [1.807, 2.05) is 6.07 Å². The Morgan fingerprint density at radius 3 is 2.70 bits per heavy atom. The van der Waals surface area contributed by atoms with E-state index in [4.69, 9.17) is 15.7 Å². The number of hydrogen-bond acceptors (Lipinski definition) is 5. The van der Waals surface area contributed by atoms with E-state index in [2.05, 4.69) is 0 Å². The molecule has 0 heterocycles. The first-order valence-electron chi connectivity index (χ1n) is 6.17. The van der Waals surface area contributed by atoms with Crippen LogP contribution in [0.2, 0.25) is 0 Å². The Morgan fingerprint density at radius 2 is 2.10 bits per heavy atom. The SMILES string of the molecule is CC(C#N)CN(C)S(=O)(=O)CCOc1ccccc1N. The molecule has 0 spiro atoms. The minimum absolute atomic E-state index is 0.0157. The predicted molar refractivity (Wildman–Crippen MR) is 77.5 cm³/mol. The van der Waals surface area contributed by atoms with Crippen molar-refractivity contribution in [2.75, 3.05) is 31.7 Å². The maximum atomic E-state index is 12.0. The van der Waals surface area contributed by atoms with E-state index in [-0.39, 0.29) is 24.8 Å². The number of para-hydroxylation sites is 2. The Kier molecular flexibility index (Phi) is 5.80. The van der Waals surface area contributed by atoms with Gasteiger partial charge >= 0.3 is 0 Å². The maximum Gasteiger partial charge on any atom is 0.217 e. The zero-order chi connectivity index (χ0) is 15.2. The summed E-state index contributed by atoms with van der Waals surface area (Å²) >= 11 is 0. The second-order valence-corrected chi connectivity index (χ2v) is 6.71. The average molecular weight is 297 g/mol. The van der Waals surface area contributed by atoms with Crippen molar-refractivity contribution in [1.29, 1.82) is 5.26 Å². The molecule has 1 unspecified atom stereocenters. The number of nitriles is 1. The molecule has 1 rings (SSSR count). The summed E-state index contributed by atoms with van der Waals surface area (Å²) < 4.78 is 30.5. The molecule has 0 bridgehead atoms. The van der Waals surface area contributed by atoms with Gasteiger partial charge in [0.2, 0.25) is 10.0 Å². The summed E-state index contributed by atoms with van der Waals surface area (Å²) in [7, 11) is -1.97. The minimum atomic E-state index is -3.43. The molecular formula is C13H19N3O3S. The standard InChI is InChI=1S/C13H19N3O3S/c1-11(9-14)10-16(2)20(17,18)8-7-19-13-6-4-3-5-12(13)15/h3-6,11H,7-8,10,15H2,1-2H3. The van der Waals surface area contributed by atoms with E-state index in [1.54, 1.807) is 31.2 Å². The summed E-state index contributed by atoms with van der Waals surface area (Å²) in [5, 5.41) is 8.69. The second-order valence-electron chi connectivity index (χ2n) is 4.51. The highest BCUT2D eigenvalue weighted by molar-refractivity contribution is 7.89. The highest BCUT2D eigenvalue weighted by Crippen LogP contribution is 2.19. The van der Waals surface area contributed by atoms with Gasteiger partial charge in [-0.05, 0) is 19.1 Å². The molecule has 1 atom stereocenters. The van der Waals surface area contributed by atoms with Crippen molar-refractivity contribution in [3.63, 3.8) is 0 Å². The number of hydrogen-bond donors (Lipinski definition) is 1. The third-order valence-electron chi connectivity index (χ3n) is 2.74. The van der Waals surface area contributed by atoms with Crippen molar-refractivity contribution in [3.8, 4) is 11.8 Å². The van der Waals surface area contributed by atoms with Gasteiger partial charge < -0.3 is 10.5 Å². The summed E-state index contributed by atoms with van der Waals surface area (Å²) in [6.45, 7) is 1.86. The van der Waals surface area contributed by atoms with E-state index in [9.17, 15) is 8.42 Å². The first kappa shape index (κ1) is 16.3. The van der Waals surface area contributed by atoms with Gasteiger partial charge in [0.15, 0.2) is 0 Å². The van der Waals surface area contributed by atoms with Crippen LogP contribution in [0.5, 0.6) is 5.75 Å². The largest absolute Gasteiger partial charge is 0.490 e. The number of nitrogen functional groups attached to an aromatic ring is 1. The molecule has 0 fully saturated rings. The molecule has 0 aliphatic heterocycles. The second kappa shape index (κ2) is 7.12. The van der Waals surface area contributed by atoms with Crippen LogP contribution in [-0.2, 0) is 10.0 Å². The number of nitrogens with zero attached hydrogens (tertiary/aromatic N) is 2. The highest BCUT2D eigenvalue weighted by Gasteiger charge is 2.20. The van der Waals surface area contributed by atoms with Crippen LogP contribution in [0.15, 0.2) is 24.3 Å². The van der Waals surface area contributed by atoms with Crippen LogP contribution >= 0.6 is 0 Å². The summed E-state index contributed by atoms with van der Waals surface area (Å²) in [6.07, 6.45) is 0. The fourth-order valence-electron chi connectivity index (χ4n) is 1.56. The predicted octanol–water partition coefficient (Wildman–Crippen LogP) is 1.07. The maximum absolute atomic E-state index is 12.0. The van der Waals surface area contributed by atoms with Gasteiger partial charge in [-0.1, -0.05) is 12.1 Å². The molecule has 0 aromatic heterocycles. The molecule has 1 aromatic rings. The molecule has 0 aliphatic carbocycles. The fraction of sp³-hybridized carbons (Fsp3) is 0.462. The molecule has 2 N–H and O–H groups in total. The van der Waals surface area contributed by atoms with Crippen molar-refractivity contribution in [1.82, 2.24) is 4.31 Å². The first-order chi connectivity index (χ1) is 9.36. The van der Waals surface area contributed by atoms with Gasteiger partial charge in [-0.15, -0.1) is 0 Å². The molecule has 0 aliphatic rings. The lowest BCUT2D eigenvalue weighted by Crippen LogP contribution is -2.34. The van der Waals surface area contributed by atoms with Crippen LogP contribution in [0.25, 0.3) is 0 Å². The number of benzene rings is 1. The molecule has 7 heteroatoms. The molecule has 6 nitrogen and oxygen atoms in total. The van der Waals surface area contributed by atoms with Gasteiger partial charge in [-0.2, -0.15) is 5.26 Å². The zero-order valence-electron chi connectivity index (χ0n) is 11.6. The Bertz CT molecular complexity index is 581. The van der Waals surface area contributed by atoms with Crippen LogP contribution in [0.1, 0.15) is 6.92 Å². The van der Waals surface area contributed by atoms with Crippen LogP contribution < -0.4 is 10.5 Å². The molecule has 110 valence electrons. The van der Waals surface area contributed by atoms with Crippen molar-refractivity contribution in [2.24, 2.45) is 5.92 Å². The highest BCUT2D eigenvalue weighted by atomic mass is 32.2. The number of ether oxygens (including phenoxy) is 1. The van der Waals surface area contributed by atoms with E-state index in [0.29, 0.717) is 11.4 Å². The van der Waals surface area contributed by atoms with Gasteiger partial charge in [0.05, 0.1) is 23.4 Å². The third-order valence-corrected chi connectivity index (χ3v) is 4.53. The van der Waals surface area contributed by atoms with Gasteiger partial charge in [0.1, 0.15) is 12.4 Å². The lowest BCUT2D eigenvalue weighted by atomic mass is 10.2.